The van der Waals surface area contributed by atoms with Crippen LogP contribution in [0.4, 0.5) is 0 Å². The first-order chi connectivity index (χ1) is 10.5. The maximum Gasteiger partial charge on any atom is 0.303 e. The summed E-state index contributed by atoms with van der Waals surface area (Å²) in [5.41, 5.74) is 1.36. The van der Waals surface area contributed by atoms with E-state index in [1.807, 2.05) is 6.07 Å². The Morgan fingerprint density at radius 1 is 1.41 bits per heavy atom. The van der Waals surface area contributed by atoms with E-state index in [0.29, 0.717) is 27.8 Å². The predicted molar refractivity (Wildman–Crippen MR) is 87.9 cm³/mol. The Morgan fingerprint density at radius 3 is 2.68 bits per heavy atom. The smallest absolute Gasteiger partial charge is 0.303 e. The molecule has 5 nitrogen and oxygen atoms in total. The lowest BCUT2D eigenvalue weighted by Gasteiger charge is -2.13. The number of hydrogen-bond acceptors (Lipinski definition) is 5. The van der Waals surface area contributed by atoms with Crippen molar-refractivity contribution >= 4 is 46.3 Å². The fourth-order valence-corrected chi connectivity index (χ4v) is 3.19. The van der Waals surface area contributed by atoms with E-state index < -0.39 is 5.97 Å². The Morgan fingerprint density at radius 2 is 2.09 bits per heavy atom. The van der Waals surface area contributed by atoms with Gasteiger partial charge >= 0.3 is 5.97 Å². The van der Waals surface area contributed by atoms with E-state index in [1.165, 1.54) is 16.7 Å². The largest absolute Gasteiger partial charge is 0.481 e. The number of rotatable bonds is 5. The van der Waals surface area contributed by atoms with Crippen LogP contribution in [0, 0.1) is 11.3 Å². The van der Waals surface area contributed by atoms with Crippen molar-refractivity contribution in [1.29, 1.82) is 5.26 Å². The van der Waals surface area contributed by atoms with Gasteiger partial charge in [-0.15, -0.1) is 0 Å². The van der Waals surface area contributed by atoms with E-state index in [4.69, 9.17) is 22.6 Å². The van der Waals surface area contributed by atoms with Gasteiger partial charge < -0.3 is 5.11 Å². The molecule has 0 aliphatic carbocycles. The van der Waals surface area contributed by atoms with Crippen LogP contribution in [0.5, 0.6) is 0 Å². The lowest BCUT2D eigenvalue weighted by atomic mass is 10.1. The fourth-order valence-electron chi connectivity index (χ4n) is 1.89. The standard InChI is InChI=1S/C15H12N2O3S2/c16-9-11-5-3-10(4-6-11)8-12-14(20)17(15(21)22-12)7-1-2-13(18)19/h3-6,8H,1-2,7H2,(H,18,19). The molecule has 1 aliphatic rings. The Hall–Kier alpha value is -2.17. The van der Waals surface area contributed by atoms with Gasteiger partial charge in [-0.25, -0.2) is 0 Å². The summed E-state index contributed by atoms with van der Waals surface area (Å²) in [5, 5.41) is 17.4. The second kappa shape index (κ2) is 7.20. The topological polar surface area (TPSA) is 81.4 Å². The second-order valence-corrected chi connectivity index (χ2v) is 6.24. The highest BCUT2D eigenvalue weighted by Gasteiger charge is 2.31. The Bertz CT molecular complexity index is 690. The SMILES string of the molecule is N#Cc1ccc(C=C2SC(=S)N(CCCC(=O)O)C2=O)cc1. The molecule has 0 atom stereocenters. The second-order valence-electron chi connectivity index (χ2n) is 4.56. The van der Waals surface area contributed by atoms with Crippen LogP contribution in [-0.2, 0) is 9.59 Å². The maximum absolute atomic E-state index is 12.3. The quantitative estimate of drug-likeness (QED) is 0.659. The Balaban J connectivity index is 2.08. The number of thiocarbonyl (C=S) groups is 1. The number of carboxylic acids is 1. The average molecular weight is 332 g/mol. The summed E-state index contributed by atoms with van der Waals surface area (Å²) in [7, 11) is 0. The van der Waals surface area contributed by atoms with Gasteiger partial charge in [-0.3, -0.25) is 14.5 Å². The summed E-state index contributed by atoms with van der Waals surface area (Å²) >= 11 is 6.37. The zero-order chi connectivity index (χ0) is 16.1. The van der Waals surface area contributed by atoms with Crippen molar-refractivity contribution in [2.24, 2.45) is 0 Å². The van der Waals surface area contributed by atoms with Gasteiger partial charge in [0.25, 0.3) is 5.91 Å². The highest BCUT2D eigenvalue weighted by Crippen LogP contribution is 2.32. The molecule has 0 radical (unpaired) electrons. The van der Waals surface area contributed by atoms with Gasteiger partial charge in [0.05, 0.1) is 16.5 Å². The lowest BCUT2D eigenvalue weighted by molar-refractivity contribution is -0.137. The molecule has 1 aliphatic heterocycles. The summed E-state index contributed by atoms with van der Waals surface area (Å²) < 4.78 is 0.440. The zero-order valence-corrected chi connectivity index (χ0v) is 13.1. The number of nitriles is 1. The lowest BCUT2D eigenvalue weighted by Crippen LogP contribution is -2.29. The molecule has 0 aromatic heterocycles. The monoisotopic (exact) mass is 332 g/mol. The molecule has 22 heavy (non-hydrogen) atoms. The van der Waals surface area contributed by atoms with E-state index in [2.05, 4.69) is 0 Å². The molecule has 1 saturated heterocycles. The first-order valence-corrected chi connectivity index (χ1v) is 7.71. The summed E-state index contributed by atoms with van der Waals surface area (Å²) in [6.45, 7) is 0.307. The first-order valence-electron chi connectivity index (χ1n) is 6.48. The predicted octanol–water partition coefficient (Wildman–Crippen LogP) is 2.62. The van der Waals surface area contributed by atoms with Crippen LogP contribution in [0.25, 0.3) is 6.08 Å². The van der Waals surface area contributed by atoms with Crippen molar-refractivity contribution in [2.75, 3.05) is 6.54 Å². The number of carbonyl (C=O) groups excluding carboxylic acids is 1. The van der Waals surface area contributed by atoms with E-state index in [9.17, 15) is 9.59 Å². The molecule has 1 heterocycles. The molecule has 1 aromatic carbocycles. The van der Waals surface area contributed by atoms with Crippen molar-refractivity contribution < 1.29 is 14.7 Å². The van der Waals surface area contributed by atoms with Crippen LogP contribution >= 0.6 is 24.0 Å². The number of aliphatic carboxylic acids is 1. The van der Waals surface area contributed by atoms with Crippen molar-refractivity contribution in [3.05, 3.63) is 40.3 Å². The highest BCUT2D eigenvalue weighted by molar-refractivity contribution is 8.26. The molecule has 7 heteroatoms. The van der Waals surface area contributed by atoms with Gasteiger partial charge in [0.15, 0.2) is 0 Å². The van der Waals surface area contributed by atoms with Crippen molar-refractivity contribution in [3.63, 3.8) is 0 Å². The molecule has 1 N–H and O–H groups in total. The van der Waals surface area contributed by atoms with Gasteiger partial charge in [0.2, 0.25) is 0 Å². The van der Waals surface area contributed by atoms with Crippen LogP contribution in [0.2, 0.25) is 0 Å². The third-order valence-corrected chi connectivity index (χ3v) is 4.36. The molecule has 1 aromatic rings. The van der Waals surface area contributed by atoms with Gasteiger partial charge in [-0.2, -0.15) is 5.26 Å². The summed E-state index contributed by atoms with van der Waals surface area (Å²) in [5.74, 6) is -1.09. The molecule has 1 fully saturated rings. The molecule has 2 rings (SSSR count). The molecular formula is C15H12N2O3S2. The number of benzene rings is 1. The molecule has 0 saturated carbocycles. The van der Waals surface area contributed by atoms with Crippen molar-refractivity contribution in [2.45, 2.75) is 12.8 Å². The van der Waals surface area contributed by atoms with Crippen LogP contribution in [-0.4, -0.2) is 32.7 Å². The van der Waals surface area contributed by atoms with E-state index in [1.54, 1.807) is 30.3 Å². The average Bonchev–Trinajstić information content (AvgIpc) is 2.75. The van der Waals surface area contributed by atoms with Crippen molar-refractivity contribution in [1.82, 2.24) is 4.90 Å². The minimum absolute atomic E-state index is 0.00568. The molecule has 112 valence electrons. The number of nitrogens with zero attached hydrogens (tertiary/aromatic N) is 2. The Kier molecular flexibility index (Phi) is 5.31. The third-order valence-electron chi connectivity index (χ3n) is 2.98. The molecule has 0 unspecified atom stereocenters. The van der Waals surface area contributed by atoms with Crippen LogP contribution in [0.15, 0.2) is 29.2 Å². The fraction of sp³-hybridized carbons (Fsp3) is 0.200. The summed E-state index contributed by atoms with van der Waals surface area (Å²) in [6.07, 6.45) is 2.09. The number of amides is 1. The molecule has 1 amide bonds. The van der Waals surface area contributed by atoms with Gasteiger partial charge in [-0.1, -0.05) is 36.1 Å². The van der Waals surface area contributed by atoms with E-state index >= 15 is 0 Å². The number of carbonyl (C=O) groups is 2. The third kappa shape index (κ3) is 3.93. The van der Waals surface area contributed by atoms with Crippen LogP contribution in [0.3, 0.4) is 0 Å². The minimum Gasteiger partial charge on any atom is -0.481 e. The molecular weight excluding hydrogens is 320 g/mol. The normalized spacial score (nSPS) is 16.1. The minimum atomic E-state index is -0.890. The number of thioether (sulfide) groups is 1. The van der Waals surface area contributed by atoms with Gasteiger partial charge in [-0.05, 0) is 30.2 Å². The summed E-state index contributed by atoms with van der Waals surface area (Å²) in [6, 6.07) is 8.91. The van der Waals surface area contributed by atoms with Crippen LogP contribution in [0.1, 0.15) is 24.0 Å². The molecule has 0 bridgehead atoms. The highest BCUT2D eigenvalue weighted by atomic mass is 32.2. The van der Waals surface area contributed by atoms with E-state index in [-0.39, 0.29) is 12.3 Å². The maximum atomic E-state index is 12.3. The Labute approximate surface area is 137 Å². The van der Waals surface area contributed by atoms with Crippen LogP contribution < -0.4 is 0 Å². The number of carboxylic acid groups (broad SMARTS) is 1. The molecule has 0 spiro atoms. The first kappa shape index (κ1) is 16.2. The number of hydrogen-bond donors (Lipinski definition) is 1. The summed E-state index contributed by atoms with van der Waals surface area (Å²) in [4.78, 5) is 24.7. The van der Waals surface area contributed by atoms with E-state index in [0.717, 1.165) is 5.56 Å². The van der Waals surface area contributed by atoms with Gasteiger partial charge in [0, 0.05) is 13.0 Å². The van der Waals surface area contributed by atoms with Crippen molar-refractivity contribution in [3.8, 4) is 6.07 Å². The van der Waals surface area contributed by atoms with Gasteiger partial charge in [0.1, 0.15) is 4.32 Å². The zero-order valence-electron chi connectivity index (χ0n) is 11.5.